The Bertz CT molecular complexity index is 1420. The zero-order chi connectivity index (χ0) is 27.5. The molecule has 0 aromatic heterocycles. The third-order valence-corrected chi connectivity index (χ3v) is 6.39. The van der Waals surface area contributed by atoms with Crippen LogP contribution < -0.4 is 25.6 Å². The Hall–Kier alpha value is -4.21. The van der Waals surface area contributed by atoms with Gasteiger partial charge in [-0.1, -0.05) is 60.7 Å². The summed E-state index contributed by atoms with van der Waals surface area (Å²) in [5.74, 6) is 0.427. The van der Waals surface area contributed by atoms with E-state index in [0.29, 0.717) is 40.3 Å². The minimum Gasteiger partial charge on any atom is -0.492 e. The molecule has 0 atom stereocenters. The molecule has 0 saturated carbocycles. The molecule has 0 aliphatic rings. The Kier molecular flexibility index (Phi) is 10.0. The first-order valence-corrected chi connectivity index (χ1v) is 13.3. The second kappa shape index (κ2) is 14.1. The number of hydrazine groups is 1. The van der Waals surface area contributed by atoms with Crippen LogP contribution in [0.5, 0.6) is 11.5 Å². The molecular weight excluding hydrogens is 578 g/mol. The summed E-state index contributed by atoms with van der Waals surface area (Å²) in [5.41, 5.74) is 8.03. The van der Waals surface area contributed by atoms with Crippen LogP contribution in [0.15, 0.2) is 108 Å². The summed E-state index contributed by atoms with van der Waals surface area (Å²) < 4.78 is 12.2. The van der Waals surface area contributed by atoms with Crippen molar-refractivity contribution >= 4 is 45.1 Å². The van der Waals surface area contributed by atoms with E-state index in [1.165, 1.54) is 5.56 Å². The average Bonchev–Trinajstić information content (AvgIpc) is 2.97. The highest BCUT2D eigenvalue weighted by molar-refractivity contribution is 9.10. The molecule has 0 saturated heterocycles. The number of carbonyl (C=O) groups excluding carboxylic acids is 2. The number of hydrogen-bond acceptors (Lipinski definition) is 5. The lowest BCUT2D eigenvalue weighted by molar-refractivity contribution is 0.0934. The zero-order valence-electron chi connectivity index (χ0n) is 20.9. The van der Waals surface area contributed by atoms with E-state index in [9.17, 15) is 9.59 Å². The molecule has 0 unspecified atom stereocenters. The predicted molar refractivity (Wildman–Crippen MR) is 158 cm³/mol. The molecular formula is C30H26BrN3O4S. The Morgan fingerprint density at radius 2 is 1.36 bits per heavy atom. The number of halogens is 1. The maximum Gasteiger partial charge on any atom is 0.269 e. The molecule has 4 rings (SSSR count). The first-order valence-electron chi connectivity index (χ1n) is 12.1. The van der Waals surface area contributed by atoms with Crippen LogP contribution >= 0.6 is 28.1 Å². The highest BCUT2D eigenvalue weighted by Gasteiger charge is 2.12. The van der Waals surface area contributed by atoms with Gasteiger partial charge in [-0.05, 0) is 81.7 Å². The number of benzene rings is 4. The molecule has 0 heterocycles. The third-order valence-electron chi connectivity index (χ3n) is 5.57. The van der Waals surface area contributed by atoms with E-state index >= 15 is 0 Å². The van der Waals surface area contributed by atoms with Crippen molar-refractivity contribution in [3.8, 4) is 11.5 Å². The van der Waals surface area contributed by atoms with Crippen LogP contribution in [0.1, 0.15) is 31.8 Å². The monoisotopic (exact) mass is 603 g/mol. The SMILES string of the molecule is O=C(NNC(=S)NC(=O)c1ccc(OCCc2ccccc2)c(Br)c1)c1ccc(OCc2ccccc2)cc1. The maximum atomic E-state index is 12.6. The van der Waals surface area contributed by atoms with Crippen molar-refractivity contribution in [3.63, 3.8) is 0 Å². The lowest BCUT2D eigenvalue weighted by Crippen LogP contribution is -2.48. The molecule has 0 bridgehead atoms. The first kappa shape index (κ1) is 27.8. The van der Waals surface area contributed by atoms with Crippen molar-refractivity contribution in [3.05, 3.63) is 130 Å². The van der Waals surface area contributed by atoms with Gasteiger partial charge in [0.2, 0.25) is 0 Å². The van der Waals surface area contributed by atoms with Crippen molar-refractivity contribution in [2.24, 2.45) is 0 Å². The third kappa shape index (κ3) is 8.66. The van der Waals surface area contributed by atoms with Gasteiger partial charge >= 0.3 is 0 Å². The number of hydrogen-bond donors (Lipinski definition) is 3. The number of nitrogens with one attached hydrogen (secondary N) is 3. The van der Waals surface area contributed by atoms with E-state index in [1.807, 2.05) is 60.7 Å². The standard InChI is InChI=1S/C30H26BrN3O4S/c31-26-19-24(13-16-27(26)37-18-17-21-7-3-1-4-8-21)28(35)32-30(39)34-33-29(36)23-11-14-25(15-12-23)38-20-22-9-5-2-6-10-22/h1-16,19H,17-18,20H2,(H,33,36)(H2,32,34,35,39). The van der Waals surface area contributed by atoms with Crippen molar-refractivity contribution in [2.75, 3.05) is 6.61 Å². The van der Waals surface area contributed by atoms with Crippen LogP contribution in [0.2, 0.25) is 0 Å². The molecule has 0 fully saturated rings. The molecule has 0 spiro atoms. The molecule has 3 N–H and O–H groups in total. The summed E-state index contributed by atoms with van der Waals surface area (Å²) in [5, 5.41) is 2.49. The number of carbonyl (C=O) groups is 2. The van der Waals surface area contributed by atoms with E-state index in [1.54, 1.807) is 42.5 Å². The van der Waals surface area contributed by atoms with Gasteiger partial charge in [-0.25, -0.2) is 0 Å². The van der Waals surface area contributed by atoms with Gasteiger partial charge in [0.05, 0.1) is 11.1 Å². The van der Waals surface area contributed by atoms with Crippen LogP contribution in [0, 0.1) is 0 Å². The lowest BCUT2D eigenvalue weighted by Gasteiger charge is -2.12. The molecule has 9 heteroatoms. The number of amides is 2. The Morgan fingerprint density at radius 3 is 2.03 bits per heavy atom. The molecule has 0 radical (unpaired) electrons. The molecule has 0 aliphatic carbocycles. The summed E-state index contributed by atoms with van der Waals surface area (Å²) in [7, 11) is 0. The van der Waals surface area contributed by atoms with E-state index in [0.717, 1.165) is 12.0 Å². The summed E-state index contributed by atoms with van der Waals surface area (Å²) in [6.07, 6.45) is 0.771. The maximum absolute atomic E-state index is 12.6. The van der Waals surface area contributed by atoms with E-state index in [-0.39, 0.29) is 5.11 Å². The zero-order valence-corrected chi connectivity index (χ0v) is 23.3. The van der Waals surface area contributed by atoms with Crippen LogP contribution in [0.4, 0.5) is 0 Å². The van der Waals surface area contributed by atoms with Gasteiger partial charge in [-0.2, -0.15) is 0 Å². The molecule has 7 nitrogen and oxygen atoms in total. The number of rotatable bonds is 9. The van der Waals surface area contributed by atoms with Crippen molar-refractivity contribution in [2.45, 2.75) is 13.0 Å². The topological polar surface area (TPSA) is 88.7 Å². The van der Waals surface area contributed by atoms with Crippen LogP contribution in [-0.2, 0) is 13.0 Å². The van der Waals surface area contributed by atoms with Gasteiger partial charge in [0, 0.05) is 17.5 Å². The second-order valence-electron chi connectivity index (χ2n) is 8.39. The van der Waals surface area contributed by atoms with E-state index in [2.05, 4.69) is 32.1 Å². The minimum absolute atomic E-state index is 0.0459. The smallest absolute Gasteiger partial charge is 0.269 e. The lowest BCUT2D eigenvalue weighted by atomic mass is 10.2. The molecule has 4 aromatic carbocycles. The van der Waals surface area contributed by atoms with Gasteiger partial charge in [-0.15, -0.1) is 0 Å². The van der Waals surface area contributed by atoms with Crippen molar-refractivity contribution < 1.29 is 19.1 Å². The molecule has 2 amide bonds. The fourth-order valence-corrected chi connectivity index (χ4v) is 4.16. The van der Waals surface area contributed by atoms with Crippen LogP contribution in [0.3, 0.4) is 0 Å². The minimum atomic E-state index is -0.432. The molecule has 0 aliphatic heterocycles. The highest BCUT2D eigenvalue weighted by Crippen LogP contribution is 2.26. The van der Waals surface area contributed by atoms with Crippen molar-refractivity contribution in [1.29, 1.82) is 0 Å². The average molecular weight is 605 g/mol. The van der Waals surface area contributed by atoms with Gasteiger partial charge in [0.1, 0.15) is 18.1 Å². The largest absolute Gasteiger partial charge is 0.492 e. The fraction of sp³-hybridized carbons (Fsp3) is 0.100. The second-order valence-corrected chi connectivity index (χ2v) is 9.65. The van der Waals surface area contributed by atoms with Crippen molar-refractivity contribution in [1.82, 2.24) is 16.2 Å². The summed E-state index contributed by atoms with van der Waals surface area (Å²) in [6.45, 7) is 0.938. The molecule has 4 aromatic rings. The molecule has 198 valence electrons. The van der Waals surface area contributed by atoms with E-state index < -0.39 is 11.8 Å². The number of ether oxygens (including phenoxy) is 2. The van der Waals surface area contributed by atoms with Gasteiger partial charge in [0.25, 0.3) is 11.8 Å². The first-order chi connectivity index (χ1) is 19.0. The predicted octanol–water partition coefficient (Wildman–Crippen LogP) is 5.60. The fourth-order valence-electron chi connectivity index (χ4n) is 3.52. The van der Waals surface area contributed by atoms with Gasteiger partial charge in [0.15, 0.2) is 5.11 Å². The summed E-state index contributed by atoms with van der Waals surface area (Å²) in [4.78, 5) is 25.1. The van der Waals surface area contributed by atoms with E-state index in [4.69, 9.17) is 21.7 Å². The Balaban J connectivity index is 1.20. The Labute approximate surface area is 240 Å². The highest BCUT2D eigenvalue weighted by atomic mass is 79.9. The number of thiocarbonyl (C=S) groups is 1. The molecule has 39 heavy (non-hydrogen) atoms. The van der Waals surface area contributed by atoms with Crippen LogP contribution in [0.25, 0.3) is 0 Å². The Morgan fingerprint density at radius 1 is 0.718 bits per heavy atom. The summed E-state index contributed by atoms with van der Waals surface area (Å²) in [6, 6.07) is 31.6. The van der Waals surface area contributed by atoms with Gasteiger partial charge < -0.3 is 9.47 Å². The normalized spacial score (nSPS) is 10.3. The quantitative estimate of drug-likeness (QED) is 0.170. The van der Waals surface area contributed by atoms with Crippen LogP contribution in [-0.4, -0.2) is 23.5 Å². The van der Waals surface area contributed by atoms with Gasteiger partial charge in [-0.3, -0.25) is 25.8 Å². The summed E-state index contributed by atoms with van der Waals surface area (Å²) >= 11 is 8.60.